The van der Waals surface area contributed by atoms with E-state index in [1.54, 1.807) is 36.7 Å². The fraction of sp³-hybridized carbons (Fsp3) is 0.289. The number of fused-ring (bicyclic) bond motifs is 2. The zero-order chi connectivity index (χ0) is 77.2. The standard InChI is InChI=1S/C32H28ClN7O3.C29H21ClN2O3.C4H7ClO.C4H8N4O.C4H8O2.C3H7N5O/c33-28-14-24(19-35-11-12-40-32(41)37-38-39-40)30(42-20-22-13-21(16-34)17-36-18-22)15-31(28)43-29-10-9-26-25(7-4-8-27(26)29)23-5-2-1-3-6-23;30-26-12-22(17-33)28(34-18-20-11-19(14-31)15-32-16-20)13-29(26)35-27-10-9-24-23(7-4-8-25(24)27)21-5-2-1-3-6-21;1-2-3-4(5)6;1-2-3-8-4(9)5-6-7-8;1-2-3-4(5)6;4-1-2-8-3(9)5-6-7-8/h1-8,13-15,17-18,29,35H,9-12,19-20H2,(H,37,39,41);1-8,11-13,15-17,27H,9-10,18H2;2-3H2,1H3;2-3H2,1H3,(H,5,7,9);2-3H2,1H3,(H,5,6);1-2,4H2,(H,5,7,9)/t29-;27-;;;;/m00..../s1. The summed E-state index contributed by atoms with van der Waals surface area (Å²) in [4.78, 5) is 72.0. The van der Waals surface area contributed by atoms with Crippen LogP contribution in [0.5, 0.6) is 23.0 Å². The molecule has 0 fully saturated rings. The number of ether oxygens (including phenoxy) is 4. The van der Waals surface area contributed by atoms with Crippen LogP contribution in [0.3, 0.4) is 0 Å². The molecule has 32 heteroatoms. The molecule has 0 spiro atoms. The number of nitrogens with one attached hydrogen (secondary N) is 4. The van der Waals surface area contributed by atoms with Crippen LogP contribution in [-0.4, -0.2) is 106 Å². The number of carboxylic acid groups (broad SMARTS) is 1. The van der Waals surface area contributed by atoms with Gasteiger partial charge in [0.15, 0.2) is 6.29 Å². The molecule has 29 nitrogen and oxygen atoms in total. The first-order valence-corrected chi connectivity index (χ1v) is 35.6. The van der Waals surface area contributed by atoms with Crippen LogP contribution in [0.25, 0.3) is 22.3 Å². The Kier molecular flexibility index (Phi) is 32.4. The van der Waals surface area contributed by atoms with Gasteiger partial charge in [-0.1, -0.05) is 141 Å². The summed E-state index contributed by atoms with van der Waals surface area (Å²) in [5.41, 5.74) is 17.4. The van der Waals surface area contributed by atoms with Crippen LogP contribution in [0.4, 0.5) is 0 Å². The monoisotopic (exact) mass is 1520 g/mol. The maximum absolute atomic E-state index is 11.7. The van der Waals surface area contributed by atoms with E-state index in [0.29, 0.717) is 108 Å². The van der Waals surface area contributed by atoms with Crippen LogP contribution in [0.2, 0.25) is 10.0 Å². The van der Waals surface area contributed by atoms with Crippen molar-refractivity contribution < 1.29 is 38.4 Å². The van der Waals surface area contributed by atoms with Gasteiger partial charge in [-0.15, -0.1) is 0 Å². The van der Waals surface area contributed by atoms with E-state index < -0.39 is 5.97 Å². The molecule has 560 valence electrons. The molecule has 5 aromatic heterocycles. The predicted molar refractivity (Wildman–Crippen MR) is 403 cm³/mol. The van der Waals surface area contributed by atoms with Crippen LogP contribution in [0.15, 0.2) is 173 Å². The molecule has 0 saturated heterocycles. The number of hydrogen-bond donors (Lipinski definition) is 6. The largest absolute Gasteiger partial charge is 0.488 e. The average molecular weight is 1530 g/mol. The van der Waals surface area contributed by atoms with Crippen LogP contribution in [0, 0.1) is 22.7 Å². The highest BCUT2D eigenvalue weighted by Gasteiger charge is 2.30. The van der Waals surface area contributed by atoms with E-state index in [1.165, 1.54) is 59.8 Å². The molecule has 6 aromatic carbocycles. The van der Waals surface area contributed by atoms with Crippen LogP contribution < -0.4 is 47.1 Å². The summed E-state index contributed by atoms with van der Waals surface area (Å²) in [7, 11) is 0. The Balaban J connectivity index is 0.000000198. The van der Waals surface area contributed by atoms with Crippen molar-refractivity contribution in [3.8, 4) is 57.4 Å². The number of aromatic nitrogens is 14. The molecule has 2 aliphatic carbocycles. The molecule has 13 rings (SSSR count). The normalized spacial score (nSPS) is 12.6. The van der Waals surface area contributed by atoms with E-state index in [2.05, 4.69) is 147 Å². The Morgan fingerprint density at radius 2 is 1.07 bits per heavy atom. The SMILES string of the molecule is CCCC(=O)Cl.CCCC(=O)O.CCCn1nn[nH]c1=O.N#Cc1cncc(COc2cc(O[C@H]3CCc4c(-c5ccccc5)cccc43)c(Cl)cc2C=O)c1.N#Cc1cncc(COc2cc(O[C@H]3CCc4c(-c5ccccc5)cccc43)c(Cl)cc2CNCCn2nn[nH]c2=O)c1.NCCn1nn[nH]c1=O. The van der Waals surface area contributed by atoms with Crippen molar-refractivity contribution in [1.29, 1.82) is 10.5 Å². The van der Waals surface area contributed by atoms with Gasteiger partial charge in [0, 0.05) is 92.6 Å². The second-order valence-corrected chi connectivity index (χ2v) is 25.2. The molecule has 0 saturated carbocycles. The Morgan fingerprint density at radius 3 is 1.49 bits per heavy atom. The third-order valence-electron chi connectivity index (χ3n) is 16.2. The van der Waals surface area contributed by atoms with Crippen molar-refractivity contribution in [2.24, 2.45) is 5.73 Å². The molecule has 5 heterocycles. The quantitative estimate of drug-likeness (QED) is 0.0167. The molecular weight excluding hydrogens is 1450 g/mol. The van der Waals surface area contributed by atoms with Gasteiger partial charge in [0.2, 0.25) is 5.24 Å². The number of aromatic amines is 3. The lowest BCUT2D eigenvalue weighted by Gasteiger charge is -2.20. The van der Waals surface area contributed by atoms with Crippen molar-refractivity contribution in [1.82, 2.24) is 75.9 Å². The van der Waals surface area contributed by atoms with Gasteiger partial charge >= 0.3 is 23.0 Å². The first kappa shape index (κ1) is 81.7. The van der Waals surface area contributed by atoms with Gasteiger partial charge in [0.1, 0.15) is 60.6 Å². The predicted octanol–water partition coefficient (Wildman–Crippen LogP) is 11.4. The fourth-order valence-corrected chi connectivity index (χ4v) is 11.8. The van der Waals surface area contributed by atoms with Gasteiger partial charge in [-0.2, -0.15) is 24.6 Å². The molecule has 0 aliphatic heterocycles. The minimum Gasteiger partial charge on any atom is -0.488 e. The van der Waals surface area contributed by atoms with Gasteiger partial charge in [-0.05, 0) is 157 Å². The van der Waals surface area contributed by atoms with E-state index in [4.69, 9.17) is 69.9 Å². The number of H-pyrrole nitrogens is 3. The highest BCUT2D eigenvalue weighted by Crippen LogP contribution is 2.45. The second kappa shape index (κ2) is 42.8. The Hall–Kier alpha value is -12.0. The second-order valence-electron chi connectivity index (χ2n) is 24.0. The first-order valence-electron chi connectivity index (χ1n) is 34.5. The number of aryl methyl sites for hydroxylation is 1. The smallest absolute Gasteiger partial charge is 0.361 e. The summed E-state index contributed by atoms with van der Waals surface area (Å²) in [5.74, 6) is 1.22. The van der Waals surface area contributed by atoms with Crippen molar-refractivity contribution in [2.75, 3.05) is 13.1 Å². The zero-order valence-corrected chi connectivity index (χ0v) is 61.6. The van der Waals surface area contributed by atoms with Crippen LogP contribution in [0.1, 0.15) is 138 Å². The molecule has 0 radical (unpaired) electrons. The summed E-state index contributed by atoms with van der Waals surface area (Å²) in [5, 5.41) is 57.5. The first-order chi connectivity index (χ1) is 52.5. The van der Waals surface area contributed by atoms with Gasteiger partial charge in [0.05, 0.1) is 39.8 Å². The van der Waals surface area contributed by atoms with E-state index in [0.717, 1.165) is 72.8 Å². The number of carbonyl (C=O) groups is 3. The number of nitrogens with two attached hydrogens (primary N) is 1. The number of pyridine rings is 2. The lowest BCUT2D eigenvalue weighted by atomic mass is 9.97. The number of nitrogens with zero attached hydrogens (tertiary/aromatic N) is 13. The molecule has 0 amide bonds. The van der Waals surface area contributed by atoms with E-state index in [-0.39, 0.29) is 47.7 Å². The Bertz CT molecular complexity index is 4950. The van der Waals surface area contributed by atoms with Crippen LogP contribution in [-0.2, 0) is 61.8 Å². The number of rotatable bonds is 26. The number of benzene rings is 6. The number of halogens is 3. The van der Waals surface area contributed by atoms with Crippen molar-refractivity contribution in [3.63, 3.8) is 0 Å². The number of carboxylic acids is 1. The number of tetrazole rings is 3. The van der Waals surface area contributed by atoms with E-state index in [9.17, 15) is 34.0 Å². The molecule has 0 bridgehead atoms. The van der Waals surface area contributed by atoms with Gasteiger partial charge < -0.3 is 35.1 Å². The van der Waals surface area contributed by atoms with Gasteiger partial charge in [-0.3, -0.25) is 24.4 Å². The maximum atomic E-state index is 11.7. The summed E-state index contributed by atoms with van der Waals surface area (Å²) >= 11 is 18.2. The summed E-state index contributed by atoms with van der Waals surface area (Å²) in [6.45, 7) is 8.77. The molecule has 7 N–H and O–H groups in total. The number of hydrogen-bond acceptors (Lipinski definition) is 22. The number of nitriles is 2. The highest BCUT2D eigenvalue weighted by molar-refractivity contribution is 6.63. The average Bonchev–Trinajstić information content (AvgIpc) is 1.62. The van der Waals surface area contributed by atoms with Gasteiger partial charge in [0.25, 0.3) is 0 Å². The van der Waals surface area contributed by atoms with Crippen molar-refractivity contribution in [2.45, 2.75) is 130 Å². The minimum atomic E-state index is -0.711. The molecule has 2 atom stereocenters. The maximum Gasteiger partial charge on any atom is 0.361 e. The Labute approximate surface area is 635 Å². The van der Waals surface area contributed by atoms with Crippen molar-refractivity contribution in [3.05, 3.63) is 255 Å². The topological polar surface area (TPSA) is 410 Å². The molecule has 2 aliphatic rings. The molecule has 0 unspecified atom stereocenters. The third kappa shape index (κ3) is 24.3. The molecule has 108 heavy (non-hydrogen) atoms. The number of carbonyl (C=O) groups excluding carboxylic acids is 2. The minimum absolute atomic E-state index is 0.148. The third-order valence-corrected chi connectivity index (χ3v) is 17.0. The summed E-state index contributed by atoms with van der Waals surface area (Å²) in [6.07, 6.45) is 13.4. The lowest BCUT2D eigenvalue weighted by molar-refractivity contribution is -0.137. The lowest BCUT2D eigenvalue weighted by Crippen LogP contribution is -2.26. The van der Waals surface area contributed by atoms with Gasteiger partial charge in [-0.25, -0.2) is 29.7 Å². The van der Waals surface area contributed by atoms with Crippen molar-refractivity contribution >= 4 is 52.3 Å². The van der Waals surface area contributed by atoms with E-state index in [1.807, 2.05) is 57.2 Å². The summed E-state index contributed by atoms with van der Waals surface area (Å²) in [6, 6.07) is 47.8. The number of aliphatic carboxylic acids is 1. The molecule has 11 aromatic rings. The summed E-state index contributed by atoms with van der Waals surface area (Å²) < 4.78 is 28.8. The highest BCUT2D eigenvalue weighted by atomic mass is 35.5. The fourth-order valence-electron chi connectivity index (χ4n) is 11.2. The van der Waals surface area contributed by atoms with Crippen LogP contribution >= 0.6 is 34.8 Å². The Morgan fingerprint density at radius 1 is 0.602 bits per heavy atom. The molecular formula is C76H79Cl3N18O11. The number of aldehydes is 1. The van der Waals surface area contributed by atoms with E-state index >= 15 is 0 Å². The zero-order valence-electron chi connectivity index (χ0n) is 59.3.